The summed E-state index contributed by atoms with van der Waals surface area (Å²) in [6, 6.07) is 5.20. The molecular formula is C13H17FN2O3. The molecule has 5 nitrogen and oxygen atoms in total. The van der Waals surface area contributed by atoms with Gasteiger partial charge in [0.25, 0.3) is 0 Å². The van der Waals surface area contributed by atoms with E-state index in [0.29, 0.717) is 0 Å². The monoisotopic (exact) mass is 268 g/mol. The van der Waals surface area contributed by atoms with Gasteiger partial charge in [-0.1, -0.05) is 12.1 Å². The molecule has 0 heterocycles. The molecule has 0 spiro atoms. The number of hydrogen-bond acceptors (Lipinski definition) is 2. The number of amides is 2. The van der Waals surface area contributed by atoms with Crippen molar-refractivity contribution in [3.05, 3.63) is 35.6 Å². The van der Waals surface area contributed by atoms with Crippen LogP contribution in [0.1, 0.15) is 24.9 Å². The lowest BCUT2D eigenvalue weighted by atomic mass is 10.1. The summed E-state index contributed by atoms with van der Waals surface area (Å²) in [7, 11) is 1.52. The van der Waals surface area contributed by atoms with Crippen molar-refractivity contribution in [3.8, 4) is 0 Å². The predicted molar refractivity (Wildman–Crippen MR) is 68.2 cm³/mol. The molecular weight excluding hydrogens is 251 g/mol. The number of nitrogens with zero attached hydrogens (tertiary/aromatic N) is 1. The number of carboxylic acids is 1. The molecule has 1 atom stereocenters. The van der Waals surface area contributed by atoms with Gasteiger partial charge in [0.05, 0.1) is 12.5 Å². The van der Waals surface area contributed by atoms with Gasteiger partial charge in [-0.25, -0.2) is 9.18 Å². The lowest BCUT2D eigenvalue weighted by molar-refractivity contribution is -0.137. The number of benzene rings is 1. The second-order valence-electron chi connectivity index (χ2n) is 4.29. The van der Waals surface area contributed by atoms with Gasteiger partial charge >= 0.3 is 12.0 Å². The van der Waals surface area contributed by atoms with Gasteiger partial charge in [0.15, 0.2) is 0 Å². The maximum Gasteiger partial charge on any atom is 0.317 e. The van der Waals surface area contributed by atoms with Gasteiger partial charge < -0.3 is 15.3 Å². The molecule has 0 saturated heterocycles. The summed E-state index contributed by atoms with van der Waals surface area (Å²) in [6.45, 7) is 1.91. The van der Waals surface area contributed by atoms with Crippen LogP contribution in [-0.2, 0) is 4.79 Å². The number of aliphatic carboxylic acids is 1. The van der Waals surface area contributed by atoms with E-state index >= 15 is 0 Å². The van der Waals surface area contributed by atoms with Crippen LogP contribution in [-0.4, -0.2) is 35.6 Å². The van der Waals surface area contributed by atoms with Gasteiger partial charge in [-0.2, -0.15) is 0 Å². The first-order chi connectivity index (χ1) is 8.90. The number of carbonyl (C=O) groups excluding carboxylic acids is 1. The van der Waals surface area contributed by atoms with E-state index in [4.69, 9.17) is 5.11 Å². The van der Waals surface area contributed by atoms with Crippen LogP contribution in [0.2, 0.25) is 0 Å². The van der Waals surface area contributed by atoms with E-state index in [0.717, 1.165) is 5.56 Å². The van der Waals surface area contributed by atoms with E-state index in [1.165, 1.54) is 24.1 Å². The Kier molecular flexibility index (Phi) is 5.29. The molecule has 2 amide bonds. The number of rotatable bonds is 5. The molecule has 6 heteroatoms. The molecule has 0 aliphatic rings. The van der Waals surface area contributed by atoms with Crippen molar-refractivity contribution in [2.45, 2.75) is 19.4 Å². The summed E-state index contributed by atoms with van der Waals surface area (Å²) in [5.74, 6) is -1.29. The van der Waals surface area contributed by atoms with Crippen LogP contribution in [0.5, 0.6) is 0 Å². The summed E-state index contributed by atoms with van der Waals surface area (Å²) in [6.07, 6.45) is -0.102. The fourth-order valence-electron chi connectivity index (χ4n) is 1.50. The Labute approximate surface area is 111 Å². The van der Waals surface area contributed by atoms with Crippen molar-refractivity contribution < 1.29 is 19.1 Å². The zero-order valence-corrected chi connectivity index (χ0v) is 10.9. The highest BCUT2D eigenvalue weighted by Gasteiger charge is 2.14. The average Bonchev–Trinajstić information content (AvgIpc) is 2.36. The van der Waals surface area contributed by atoms with Crippen molar-refractivity contribution in [1.29, 1.82) is 0 Å². The lowest BCUT2D eigenvalue weighted by Gasteiger charge is -2.21. The Hall–Kier alpha value is -2.11. The maximum atomic E-state index is 12.8. The van der Waals surface area contributed by atoms with Crippen molar-refractivity contribution in [2.24, 2.45) is 0 Å². The van der Waals surface area contributed by atoms with Gasteiger partial charge in [-0.05, 0) is 24.6 Å². The van der Waals surface area contributed by atoms with Crippen LogP contribution in [0.4, 0.5) is 9.18 Å². The van der Waals surface area contributed by atoms with Crippen molar-refractivity contribution in [3.63, 3.8) is 0 Å². The molecule has 19 heavy (non-hydrogen) atoms. The minimum Gasteiger partial charge on any atom is -0.481 e. The average molecular weight is 268 g/mol. The van der Waals surface area contributed by atoms with Crippen LogP contribution < -0.4 is 5.32 Å². The second kappa shape index (κ2) is 6.72. The Morgan fingerprint density at radius 1 is 1.37 bits per heavy atom. The van der Waals surface area contributed by atoms with E-state index in [2.05, 4.69) is 5.32 Å². The summed E-state index contributed by atoms with van der Waals surface area (Å²) < 4.78 is 12.8. The SMILES string of the molecule is CC(NC(=O)N(C)CCC(=O)O)c1ccc(F)cc1. The third-order valence-corrected chi connectivity index (χ3v) is 2.72. The summed E-state index contributed by atoms with van der Waals surface area (Å²) in [4.78, 5) is 23.5. The van der Waals surface area contributed by atoms with Gasteiger partial charge in [-0.15, -0.1) is 0 Å². The highest BCUT2D eigenvalue weighted by Crippen LogP contribution is 2.13. The molecule has 0 aliphatic heterocycles. The molecule has 104 valence electrons. The van der Waals surface area contributed by atoms with Crippen LogP contribution in [0, 0.1) is 5.82 Å². The van der Waals surface area contributed by atoms with Crippen molar-refractivity contribution in [1.82, 2.24) is 10.2 Å². The molecule has 0 radical (unpaired) electrons. The van der Waals surface area contributed by atoms with Crippen LogP contribution in [0.15, 0.2) is 24.3 Å². The molecule has 0 aromatic heterocycles. The number of hydrogen-bond donors (Lipinski definition) is 2. The maximum absolute atomic E-state index is 12.8. The Bertz CT molecular complexity index is 448. The van der Waals surface area contributed by atoms with Gasteiger partial charge in [0.2, 0.25) is 0 Å². The molecule has 1 rings (SSSR count). The van der Waals surface area contributed by atoms with E-state index in [9.17, 15) is 14.0 Å². The molecule has 2 N–H and O–H groups in total. The smallest absolute Gasteiger partial charge is 0.317 e. The number of halogens is 1. The zero-order chi connectivity index (χ0) is 14.4. The Morgan fingerprint density at radius 2 is 1.95 bits per heavy atom. The second-order valence-corrected chi connectivity index (χ2v) is 4.29. The zero-order valence-electron chi connectivity index (χ0n) is 10.9. The third-order valence-electron chi connectivity index (χ3n) is 2.72. The number of carboxylic acid groups (broad SMARTS) is 1. The third kappa shape index (κ3) is 4.95. The molecule has 1 aromatic rings. The van der Waals surface area contributed by atoms with Crippen LogP contribution in [0.25, 0.3) is 0 Å². The largest absolute Gasteiger partial charge is 0.481 e. The quantitative estimate of drug-likeness (QED) is 0.858. The molecule has 1 unspecified atom stereocenters. The number of urea groups is 1. The normalized spacial score (nSPS) is 11.7. The highest BCUT2D eigenvalue weighted by molar-refractivity contribution is 5.75. The van der Waals surface area contributed by atoms with Crippen LogP contribution >= 0.6 is 0 Å². The Morgan fingerprint density at radius 3 is 2.47 bits per heavy atom. The molecule has 0 aliphatic carbocycles. The molecule has 0 fully saturated rings. The highest BCUT2D eigenvalue weighted by atomic mass is 19.1. The van der Waals surface area contributed by atoms with Crippen molar-refractivity contribution >= 4 is 12.0 Å². The van der Waals surface area contributed by atoms with Crippen LogP contribution in [0.3, 0.4) is 0 Å². The standard InChI is InChI=1S/C13H17FN2O3/c1-9(10-3-5-11(14)6-4-10)15-13(19)16(2)8-7-12(17)18/h3-6,9H,7-8H2,1-2H3,(H,15,19)(H,17,18). The Balaban J connectivity index is 2.51. The number of nitrogens with one attached hydrogen (secondary N) is 1. The van der Waals surface area contributed by atoms with Gasteiger partial charge in [0, 0.05) is 13.6 Å². The molecule has 0 bridgehead atoms. The van der Waals surface area contributed by atoms with Crippen molar-refractivity contribution in [2.75, 3.05) is 13.6 Å². The molecule has 0 saturated carbocycles. The van der Waals surface area contributed by atoms with Gasteiger partial charge in [-0.3, -0.25) is 4.79 Å². The van der Waals surface area contributed by atoms with E-state index in [-0.39, 0.29) is 30.9 Å². The van der Waals surface area contributed by atoms with E-state index < -0.39 is 5.97 Å². The topological polar surface area (TPSA) is 69.6 Å². The van der Waals surface area contributed by atoms with Gasteiger partial charge in [0.1, 0.15) is 5.82 Å². The summed E-state index contributed by atoms with van der Waals surface area (Å²) in [5.41, 5.74) is 0.779. The number of carbonyl (C=O) groups is 2. The van der Waals surface area contributed by atoms with E-state index in [1.54, 1.807) is 19.1 Å². The first kappa shape index (κ1) is 14.9. The summed E-state index contributed by atoms with van der Waals surface area (Å²) >= 11 is 0. The summed E-state index contributed by atoms with van der Waals surface area (Å²) in [5, 5.41) is 11.2. The minimum absolute atomic E-state index is 0.102. The fourth-order valence-corrected chi connectivity index (χ4v) is 1.50. The first-order valence-electron chi connectivity index (χ1n) is 5.89. The predicted octanol–water partition coefficient (Wildman–Crippen LogP) is 2.00. The first-order valence-corrected chi connectivity index (χ1v) is 5.89. The molecule has 1 aromatic carbocycles. The minimum atomic E-state index is -0.953. The lowest BCUT2D eigenvalue weighted by Crippen LogP contribution is -2.39. The van der Waals surface area contributed by atoms with E-state index in [1.807, 2.05) is 0 Å². The fraction of sp³-hybridized carbons (Fsp3) is 0.385.